The minimum absolute atomic E-state index is 0.0224. The Hall–Kier alpha value is -1.62. The minimum atomic E-state index is -0.491. The molecule has 0 aliphatic carbocycles. The van der Waals surface area contributed by atoms with Crippen molar-refractivity contribution < 1.29 is 10.0 Å². The maximum Gasteiger partial charge on any atom is 0.270 e. The van der Waals surface area contributed by atoms with Crippen LogP contribution in [0.5, 0.6) is 5.75 Å². The highest BCUT2D eigenvalue weighted by atomic mass is 16.6. The Morgan fingerprint density at radius 3 is 2.81 bits per heavy atom. The van der Waals surface area contributed by atoms with Crippen LogP contribution in [0.15, 0.2) is 18.2 Å². The van der Waals surface area contributed by atoms with E-state index in [1.54, 1.807) is 0 Å². The Balaban J connectivity index is 2.92. The minimum Gasteiger partial charge on any atom is -0.508 e. The predicted molar refractivity (Wildman–Crippen MR) is 61.2 cm³/mol. The summed E-state index contributed by atoms with van der Waals surface area (Å²) in [4.78, 5) is 10.1. The number of benzene rings is 1. The molecule has 0 aliphatic heterocycles. The summed E-state index contributed by atoms with van der Waals surface area (Å²) in [5, 5.41) is 20.2. The molecule has 0 amide bonds. The Kier molecular flexibility index (Phi) is 4.25. The average Bonchev–Trinajstić information content (AvgIpc) is 2.26. The van der Waals surface area contributed by atoms with Crippen LogP contribution < -0.4 is 5.73 Å². The Bertz CT molecular complexity index is 379. The maximum absolute atomic E-state index is 10.6. The number of phenolic OH excluding ortho intramolecular Hbond substituents is 1. The number of non-ortho nitro benzene ring substituents is 1. The fourth-order valence-electron chi connectivity index (χ4n) is 1.53. The fourth-order valence-corrected chi connectivity index (χ4v) is 1.53. The molecule has 0 unspecified atom stereocenters. The molecule has 0 aromatic heterocycles. The molecule has 3 N–H and O–H groups in total. The van der Waals surface area contributed by atoms with E-state index in [0.29, 0.717) is 12.0 Å². The van der Waals surface area contributed by atoms with Crippen LogP contribution in [0.25, 0.3) is 0 Å². The quantitative estimate of drug-likeness (QED) is 0.594. The van der Waals surface area contributed by atoms with Crippen molar-refractivity contribution in [3.63, 3.8) is 0 Å². The van der Waals surface area contributed by atoms with Crippen molar-refractivity contribution in [3.05, 3.63) is 33.9 Å². The monoisotopic (exact) mass is 224 g/mol. The molecule has 1 aromatic carbocycles. The molecule has 0 saturated heterocycles. The van der Waals surface area contributed by atoms with Crippen molar-refractivity contribution in [1.82, 2.24) is 0 Å². The second-order valence-corrected chi connectivity index (χ2v) is 3.75. The molecule has 1 aromatic rings. The zero-order chi connectivity index (χ0) is 12.1. The summed E-state index contributed by atoms with van der Waals surface area (Å²) in [5.74, 6) is 0.0224. The lowest BCUT2D eigenvalue weighted by atomic mass is 10.0. The molecule has 0 spiro atoms. The van der Waals surface area contributed by atoms with E-state index in [9.17, 15) is 15.2 Å². The van der Waals surface area contributed by atoms with Crippen molar-refractivity contribution in [1.29, 1.82) is 0 Å². The summed E-state index contributed by atoms with van der Waals surface area (Å²) in [5.41, 5.74) is 6.27. The number of hydrogen-bond acceptors (Lipinski definition) is 4. The van der Waals surface area contributed by atoms with E-state index in [1.165, 1.54) is 18.2 Å². The van der Waals surface area contributed by atoms with Crippen LogP contribution in [0, 0.1) is 10.1 Å². The van der Waals surface area contributed by atoms with Gasteiger partial charge in [-0.1, -0.05) is 19.8 Å². The predicted octanol–water partition coefficient (Wildman–Crippen LogP) is 2.49. The van der Waals surface area contributed by atoms with Crippen molar-refractivity contribution >= 4 is 5.69 Å². The number of nitro groups is 1. The van der Waals surface area contributed by atoms with Gasteiger partial charge in [0.1, 0.15) is 5.75 Å². The van der Waals surface area contributed by atoms with Crippen LogP contribution in [0.4, 0.5) is 5.69 Å². The van der Waals surface area contributed by atoms with Gasteiger partial charge in [0.2, 0.25) is 0 Å². The summed E-state index contributed by atoms with van der Waals surface area (Å²) >= 11 is 0. The third-order valence-electron chi connectivity index (χ3n) is 2.49. The first-order chi connectivity index (χ1) is 7.56. The first-order valence-electron chi connectivity index (χ1n) is 5.29. The average molecular weight is 224 g/mol. The molecule has 1 rings (SSSR count). The van der Waals surface area contributed by atoms with E-state index in [-0.39, 0.29) is 17.5 Å². The Labute approximate surface area is 94.0 Å². The topological polar surface area (TPSA) is 89.4 Å². The number of nitro benzene ring substituents is 1. The van der Waals surface area contributed by atoms with E-state index in [4.69, 9.17) is 5.73 Å². The van der Waals surface area contributed by atoms with Gasteiger partial charge in [-0.25, -0.2) is 0 Å². The molecule has 5 nitrogen and oxygen atoms in total. The summed E-state index contributed by atoms with van der Waals surface area (Å²) in [6.45, 7) is 2.04. The zero-order valence-corrected chi connectivity index (χ0v) is 9.22. The van der Waals surface area contributed by atoms with Gasteiger partial charge in [0, 0.05) is 23.7 Å². The van der Waals surface area contributed by atoms with Crippen LogP contribution >= 0.6 is 0 Å². The lowest BCUT2D eigenvalue weighted by Crippen LogP contribution is -2.10. The molecule has 5 heteroatoms. The first-order valence-corrected chi connectivity index (χ1v) is 5.29. The van der Waals surface area contributed by atoms with Crippen LogP contribution in [-0.4, -0.2) is 10.0 Å². The summed E-state index contributed by atoms with van der Waals surface area (Å²) < 4.78 is 0. The first kappa shape index (κ1) is 12.4. The maximum atomic E-state index is 10.6. The van der Waals surface area contributed by atoms with Crippen molar-refractivity contribution in [3.8, 4) is 5.75 Å². The number of nitrogens with two attached hydrogens (primary N) is 1. The van der Waals surface area contributed by atoms with Crippen molar-refractivity contribution in [2.75, 3.05) is 0 Å². The number of hydrogen-bond donors (Lipinski definition) is 2. The SMILES string of the molecule is CCCC[C@@H](N)c1cc([N+](=O)[O-])ccc1O. The highest BCUT2D eigenvalue weighted by molar-refractivity contribution is 5.44. The third kappa shape index (κ3) is 2.93. The van der Waals surface area contributed by atoms with Gasteiger partial charge in [-0.3, -0.25) is 10.1 Å². The van der Waals surface area contributed by atoms with Crippen molar-refractivity contribution in [2.24, 2.45) is 5.73 Å². The van der Waals surface area contributed by atoms with Gasteiger partial charge in [0.25, 0.3) is 5.69 Å². The summed E-state index contributed by atoms with van der Waals surface area (Å²) in [6, 6.07) is 3.58. The molecular weight excluding hydrogens is 208 g/mol. The van der Waals surface area contributed by atoms with Crippen LogP contribution in [0.3, 0.4) is 0 Å². The standard InChI is InChI=1S/C11H16N2O3/c1-2-3-4-10(12)9-7-8(13(15)16)5-6-11(9)14/h5-7,10,14H,2-4,12H2,1H3/t10-/m1/s1. The third-order valence-corrected chi connectivity index (χ3v) is 2.49. The Morgan fingerprint density at radius 1 is 1.56 bits per heavy atom. The van der Waals surface area contributed by atoms with E-state index < -0.39 is 4.92 Å². The largest absolute Gasteiger partial charge is 0.508 e. The smallest absolute Gasteiger partial charge is 0.270 e. The number of unbranched alkanes of at least 4 members (excludes halogenated alkanes) is 1. The molecule has 0 fully saturated rings. The molecular formula is C11H16N2O3. The van der Waals surface area contributed by atoms with Crippen LogP contribution in [0.1, 0.15) is 37.8 Å². The number of rotatable bonds is 5. The lowest BCUT2D eigenvalue weighted by Gasteiger charge is -2.12. The van der Waals surface area contributed by atoms with Crippen molar-refractivity contribution in [2.45, 2.75) is 32.2 Å². The van der Waals surface area contributed by atoms with Gasteiger partial charge in [-0.15, -0.1) is 0 Å². The van der Waals surface area contributed by atoms with Gasteiger partial charge in [-0.2, -0.15) is 0 Å². The fraction of sp³-hybridized carbons (Fsp3) is 0.455. The molecule has 16 heavy (non-hydrogen) atoms. The Morgan fingerprint density at radius 2 is 2.25 bits per heavy atom. The van der Waals surface area contributed by atoms with E-state index in [0.717, 1.165) is 12.8 Å². The highest BCUT2D eigenvalue weighted by Crippen LogP contribution is 2.29. The normalized spacial score (nSPS) is 12.4. The molecule has 0 bridgehead atoms. The zero-order valence-electron chi connectivity index (χ0n) is 9.22. The van der Waals surface area contributed by atoms with E-state index >= 15 is 0 Å². The second-order valence-electron chi connectivity index (χ2n) is 3.75. The molecule has 1 atom stereocenters. The highest BCUT2D eigenvalue weighted by Gasteiger charge is 2.15. The molecule has 88 valence electrons. The van der Waals surface area contributed by atoms with Gasteiger partial charge in [-0.05, 0) is 12.5 Å². The van der Waals surface area contributed by atoms with Gasteiger partial charge in [0.15, 0.2) is 0 Å². The lowest BCUT2D eigenvalue weighted by molar-refractivity contribution is -0.385. The van der Waals surface area contributed by atoms with E-state index in [1.807, 2.05) is 6.92 Å². The number of nitrogens with zero attached hydrogens (tertiary/aromatic N) is 1. The van der Waals surface area contributed by atoms with Gasteiger partial charge >= 0.3 is 0 Å². The van der Waals surface area contributed by atoms with Gasteiger partial charge in [0.05, 0.1) is 4.92 Å². The molecule has 0 aliphatic rings. The molecule has 0 saturated carbocycles. The molecule has 0 radical (unpaired) electrons. The second kappa shape index (κ2) is 5.46. The van der Waals surface area contributed by atoms with Crippen LogP contribution in [0.2, 0.25) is 0 Å². The molecule has 0 heterocycles. The number of phenols is 1. The van der Waals surface area contributed by atoms with Crippen LogP contribution in [-0.2, 0) is 0 Å². The van der Waals surface area contributed by atoms with Gasteiger partial charge < -0.3 is 10.8 Å². The number of aromatic hydroxyl groups is 1. The van der Waals surface area contributed by atoms with E-state index in [2.05, 4.69) is 0 Å². The summed E-state index contributed by atoms with van der Waals surface area (Å²) in [6.07, 6.45) is 2.65. The summed E-state index contributed by atoms with van der Waals surface area (Å²) in [7, 11) is 0.